The molecule has 0 aliphatic carbocycles. The first-order valence-electron chi connectivity index (χ1n) is 7.44. The first-order chi connectivity index (χ1) is 11.4. The Labute approximate surface area is 137 Å². The van der Waals surface area contributed by atoms with Crippen LogP contribution in [0.3, 0.4) is 0 Å². The number of hydrogen-bond acceptors (Lipinski definition) is 3. The van der Waals surface area contributed by atoms with E-state index < -0.39 is 18.7 Å². The molecule has 1 amide bonds. The summed E-state index contributed by atoms with van der Waals surface area (Å²) >= 11 is 0. The predicted molar refractivity (Wildman–Crippen MR) is 84.2 cm³/mol. The van der Waals surface area contributed by atoms with Gasteiger partial charge in [0.15, 0.2) is 6.61 Å². The number of alkyl halides is 3. The molecule has 0 saturated carbocycles. The molecule has 0 unspecified atom stereocenters. The maximum absolute atomic E-state index is 12.3. The molecule has 128 valence electrons. The average Bonchev–Trinajstić information content (AvgIpc) is 2.54. The lowest BCUT2D eigenvalue weighted by Gasteiger charge is -2.12. The number of carbonyl (C=O) groups excluding carboxylic acids is 1. The van der Waals surface area contributed by atoms with Crippen LogP contribution in [0.4, 0.5) is 18.9 Å². The molecule has 1 heterocycles. The van der Waals surface area contributed by atoms with Gasteiger partial charge in [0.05, 0.1) is 0 Å². The van der Waals surface area contributed by atoms with Crippen molar-refractivity contribution in [3.05, 3.63) is 53.7 Å². The number of nitrogens with one attached hydrogen (secondary N) is 1. The fourth-order valence-corrected chi connectivity index (χ4v) is 2.07. The van der Waals surface area contributed by atoms with E-state index in [1.54, 1.807) is 12.1 Å². The third-order valence-electron chi connectivity index (χ3n) is 3.14. The number of aryl methyl sites for hydroxylation is 1. The van der Waals surface area contributed by atoms with Crippen molar-refractivity contribution in [1.29, 1.82) is 0 Å². The van der Waals surface area contributed by atoms with E-state index in [-0.39, 0.29) is 11.4 Å². The van der Waals surface area contributed by atoms with Crippen molar-refractivity contribution in [2.24, 2.45) is 0 Å². The highest BCUT2D eigenvalue weighted by Gasteiger charge is 2.29. The number of nitrogens with zero attached hydrogens (tertiary/aromatic N) is 1. The zero-order valence-corrected chi connectivity index (χ0v) is 13.1. The number of ether oxygens (including phenoxy) is 1. The molecule has 24 heavy (non-hydrogen) atoms. The summed E-state index contributed by atoms with van der Waals surface area (Å²) < 4.78 is 41.4. The Bertz CT molecular complexity index is 685. The molecule has 0 saturated heterocycles. The molecule has 0 spiro atoms. The predicted octanol–water partition coefficient (Wildman–Crippen LogP) is 4.23. The van der Waals surface area contributed by atoms with Crippen LogP contribution in [-0.4, -0.2) is 23.7 Å². The Morgan fingerprint density at radius 2 is 1.92 bits per heavy atom. The summed E-state index contributed by atoms with van der Waals surface area (Å²) in [4.78, 5) is 16.0. The summed E-state index contributed by atoms with van der Waals surface area (Å²) in [5.74, 6) is -0.932. The minimum absolute atomic E-state index is 0.0561. The number of amides is 1. The Hall–Kier alpha value is -2.57. The van der Waals surface area contributed by atoms with Crippen LogP contribution in [0.2, 0.25) is 0 Å². The van der Waals surface area contributed by atoms with Crippen LogP contribution < -0.4 is 10.1 Å². The van der Waals surface area contributed by atoms with Gasteiger partial charge in [-0.1, -0.05) is 25.5 Å². The van der Waals surface area contributed by atoms with E-state index in [1.165, 1.54) is 18.3 Å². The summed E-state index contributed by atoms with van der Waals surface area (Å²) in [6, 6.07) is 10.1. The van der Waals surface area contributed by atoms with Gasteiger partial charge < -0.3 is 10.1 Å². The van der Waals surface area contributed by atoms with Crippen molar-refractivity contribution in [3.63, 3.8) is 0 Å². The molecule has 0 fully saturated rings. The highest BCUT2D eigenvalue weighted by atomic mass is 19.4. The third kappa shape index (κ3) is 5.26. The van der Waals surface area contributed by atoms with Gasteiger partial charge in [-0.2, -0.15) is 13.2 Å². The Morgan fingerprint density at radius 1 is 1.21 bits per heavy atom. The lowest BCUT2D eigenvalue weighted by molar-refractivity contribution is -0.154. The molecular weight excluding hydrogens is 321 g/mol. The SMILES string of the molecule is CCCc1ccc(NC(=O)c2cccnc2OCC(F)(F)F)cc1. The summed E-state index contributed by atoms with van der Waals surface area (Å²) in [6.07, 6.45) is -1.28. The topological polar surface area (TPSA) is 51.2 Å². The summed E-state index contributed by atoms with van der Waals surface area (Å²) in [7, 11) is 0. The minimum Gasteiger partial charge on any atom is -0.467 e. The zero-order valence-electron chi connectivity index (χ0n) is 13.1. The number of halogens is 3. The van der Waals surface area contributed by atoms with Crippen molar-refractivity contribution in [2.75, 3.05) is 11.9 Å². The van der Waals surface area contributed by atoms with Crippen LogP contribution in [0.25, 0.3) is 0 Å². The number of anilines is 1. The standard InChI is InChI=1S/C17H17F3N2O2/c1-2-4-12-6-8-13(9-7-12)22-15(23)14-5-3-10-21-16(14)24-11-17(18,19)20/h3,5-10H,2,4,11H2,1H3,(H,22,23). The summed E-state index contributed by atoms with van der Waals surface area (Å²) in [6.45, 7) is 0.566. The second kappa shape index (κ2) is 7.81. The highest BCUT2D eigenvalue weighted by molar-refractivity contribution is 6.05. The van der Waals surface area contributed by atoms with Crippen molar-refractivity contribution in [1.82, 2.24) is 4.98 Å². The normalized spacial score (nSPS) is 11.2. The average molecular weight is 338 g/mol. The highest BCUT2D eigenvalue weighted by Crippen LogP contribution is 2.21. The smallest absolute Gasteiger partial charge is 0.422 e. The van der Waals surface area contributed by atoms with E-state index in [4.69, 9.17) is 0 Å². The number of rotatable bonds is 6. The summed E-state index contributed by atoms with van der Waals surface area (Å²) in [5, 5.41) is 2.62. The molecular formula is C17H17F3N2O2. The van der Waals surface area contributed by atoms with E-state index >= 15 is 0 Å². The van der Waals surface area contributed by atoms with Crippen molar-refractivity contribution >= 4 is 11.6 Å². The van der Waals surface area contributed by atoms with E-state index in [0.29, 0.717) is 5.69 Å². The molecule has 2 aromatic rings. The van der Waals surface area contributed by atoms with Gasteiger partial charge in [0.25, 0.3) is 5.91 Å². The van der Waals surface area contributed by atoms with E-state index in [1.807, 2.05) is 12.1 Å². The van der Waals surface area contributed by atoms with E-state index in [9.17, 15) is 18.0 Å². The molecule has 0 aliphatic heterocycles. The maximum Gasteiger partial charge on any atom is 0.422 e. The lowest BCUT2D eigenvalue weighted by atomic mass is 10.1. The molecule has 1 aromatic heterocycles. The molecule has 0 radical (unpaired) electrons. The largest absolute Gasteiger partial charge is 0.467 e. The molecule has 0 atom stereocenters. The third-order valence-corrected chi connectivity index (χ3v) is 3.14. The van der Waals surface area contributed by atoms with Crippen LogP contribution in [0.1, 0.15) is 29.3 Å². The van der Waals surface area contributed by atoms with Crippen LogP contribution in [0.5, 0.6) is 5.88 Å². The van der Waals surface area contributed by atoms with Crippen molar-refractivity contribution in [3.8, 4) is 5.88 Å². The van der Waals surface area contributed by atoms with Gasteiger partial charge >= 0.3 is 6.18 Å². The van der Waals surface area contributed by atoms with Crippen LogP contribution in [0.15, 0.2) is 42.6 Å². The molecule has 0 bridgehead atoms. The number of aromatic nitrogens is 1. The summed E-state index contributed by atoms with van der Waals surface area (Å²) in [5.41, 5.74) is 1.64. The lowest BCUT2D eigenvalue weighted by Crippen LogP contribution is -2.22. The Morgan fingerprint density at radius 3 is 2.54 bits per heavy atom. The monoisotopic (exact) mass is 338 g/mol. The van der Waals surface area contributed by atoms with Crippen LogP contribution >= 0.6 is 0 Å². The second-order valence-corrected chi connectivity index (χ2v) is 5.16. The molecule has 1 aromatic carbocycles. The van der Waals surface area contributed by atoms with Gasteiger partial charge in [0.1, 0.15) is 5.56 Å². The van der Waals surface area contributed by atoms with E-state index in [0.717, 1.165) is 18.4 Å². The fraction of sp³-hybridized carbons (Fsp3) is 0.294. The van der Waals surface area contributed by atoms with Gasteiger partial charge in [0.2, 0.25) is 5.88 Å². The van der Waals surface area contributed by atoms with Gasteiger partial charge in [-0.3, -0.25) is 4.79 Å². The Balaban J connectivity index is 2.09. The first-order valence-corrected chi connectivity index (χ1v) is 7.44. The molecule has 1 N–H and O–H groups in total. The molecule has 4 nitrogen and oxygen atoms in total. The minimum atomic E-state index is -4.50. The van der Waals surface area contributed by atoms with Crippen LogP contribution in [0, 0.1) is 0 Å². The van der Waals surface area contributed by atoms with Gasteiger partial charge in [-0.15, -0.1) is 0 Å². The number of hydrogen-bond donors (Lipinski definition) is 1. The van der Waals surface area contributed by atoms with Gasteiger partial charge in [0, 0.05) is 11.9 Å². The fourth-order valence-electron chi connectivity index (χ4n) is 2.07. The van der Waals surface area contributed by atoms with Gasteiger partial charge in [-0.05, 0) is 36.2 Å². The quantitative estimate of drug-likeness (QED) is 0.858. The Kier molecular flexibility index (Phi) is 5.78. The van der Waals surface area contributed by atoms with Crippen molar-refractivity contribution in [2.45, 2.75) is 25.9 Å². The number of benzene rings is 1. The van der Waals surface area contributed by atoms with Gasteiger partial charge in [-0.25, -0.2) is 4.98 Å². The molecule has 2 rings (SSSR count). The van der Waals surface area contributed by atoms with E-state index in [2.05, 4.69) is 22.0 Å². The zero-order chi connectivity index (χ0) is 17.6. The number of carbonyl (C=O) groups is 1. The first kappa shape index (κ1) is 17.8. The number of pyridine rings is 1. The molecule has 7 heteroatoms. The molecule has 0 aliphatic rings. The maximum atomic E-state index is 12.3. The second-order valence-electron chi connectivity index (χ2n) is 5.16. The van der Waals surface area contributed by atoms with Crippen LogP contribution in [-0.2, 0) is 6.42 Å². The van der Waals surface area contributed by atoms with Crippen molar-refractivity contribution < 1.29 is 22.7 Å².